The van der Waals surface area contributed by atoms with Crippen molar-refractivity contribution >= 4 is 29.2 Å². The molecule has 2 heterocycles. The Bertz CT molecular complexity index is 1400. The summed E-state index contributed by atoms with van der Waals surface area (Å²) in [5, 5.41) is 5.60. The fourth-order valence-electron chi connectivity index (χ4n) is 4.67. The molecule has 1 aromatic heterocycles. The lowest BCUT2D eigenvalue weighted by molar-refractivity contribution is -0.133. The van der Waals surface area contributed by atoms with E-state index in [1.165, 1.54) is 25.4 Å². The van der Waals surface area contributed by atoms with Gasteiger partial charge in [0, 0.05) is 23.8 Å². The summed E-state index contributed by atoms with van der Waals surface area (Å²) in [7, 11) is 0. The Labute approximate surface area is 212 Å². The minimum Gasteiger partial charge on any atom is -0.350 e. The molecule has 1 unspecified atom stereocenters. The maximum atomic E-state index is 13.7. The molecule has 1 aliphatic heterocycles. The maximum Gasteiger partial charge on any atom is 0.276 e. The molecule has 0 saturated heterocycles. The van der Waals surface area contributed by atoms with Crippen LogP contribution in [-0.2, 0) is 17.9 Å². The Morgan fingerprint density at radius 1 is 1.08 bits per heavy atom. The van der Waals surface area contributed by atoms with Crippen LogP contribution < -0.4 is 10.6 Å². The molecule has 190 valence electrons. The number of aromatic nitrogens is 2. The van der Waals surface area contributed by atoms with Crippen LogP contribution in [0.2, 0.25) is 0 Å². The highest BCUT2D eigenvalue weighted by atomic mass is 19.1. The first-order valence-electron chi connectivity index (χ1n) is 12.0. The molecule has 3 amide bonds. The number of ketones is 1. The number of carbonyl (C=O) groups excluding carboxylic acids is 4. The molecule has 2 aliphatic rings. The van der Waals surface area contributed by atoms with Gasteiger partial charge in [0.05, 0.1) is 12.9 Å². The van der Waals surface area contributed by atoms with Crippen molar-refractivity contribution in [1.82, 2.24) is 19.8 Å². The molecule has 5 rings (SSSR count). The minimum atomic E-state index is -1.19. The number of nitrogens with zero attached hydrogens (tertiary/aromatic N) is 3. The number of Topliss-reactive ketones (excluding diaryl/α,β-unsaturated/α-hetero) is 1. The third kappa shape index (κ3) is 4.62. The predicted molar refractivity (Wildman–Crippen MR) is 132 cm³/mol. The van der Waals surface area contributed by atoms with E-state index in [0.717, 1.165) is 18.4 Å². The number of imidazole rings is 1. The van der Waals surface area contributed by atoms with E-state index in [1.54, 1.807) is 52.8 Å². The summed E-state index contributed by atoms with van der Waals surface area (Å²) in [6.45, 7) is 3.49. The Hall–Kier alpha value is -4.34. The van der Waals surface area contributed by atoms with Gasteiger partial charge in [0.25, 0.3) is 11.8 Å². The van der Waals surface area contributed by atoms with E-state index in [1.807, 2.05) is 0 Å². The quantitative estimate of drug-likeness (QED) is 0.481. The van der Waals surface area contributed by atoms with Gasteiger partial charge >= 0.3 is 0 Å². The normalized spacial score (nSPS) is 18.8. The average molecular weight is 504 g/mol. The Kier molecular flexibility index (Phi) is 6.10. The van der Waals surface area contributed by atoms with Crippen LogP contribution in [0.4, 0.5) is 10.1 Å². The predicted octanol–water partition coefficient (Wildman–Crippen LogP) is 3.17. The second-order valence-electron chi connectivity index (χ2n) is 9.65. The zero-order valence-electron chi connectivity index (χ0n) is 20.5. The van der Waals surface area contributed by atoms with Gasteiger partial charge in [-0.15, -0.1) is 0 Å². The summed E-state index contributed by atoms with van der Waals surface area (Å²) < 4.78 is 14.8. The molecule has 1 aliphatic carbocycles. The monoisotopic (exact) mass is 503 g/mol. The van der Waals surface area contributed by atoms with Crippen molar-refractivity contribution in [2.45, 2.75) is 51.4 Å². The van der Waals surface area contributed by atoms with E-state index in [9.17, 15) is 23.6 Å². The lowest BCUT2D eigenvalue weighted by Gasteiger charge is -2.44. The third-order valence-corrected chi connectivity index (χ3v) is 6.80. The number of anilines is 1. The summed E-state index contributed by atoms with van der Waals surface area (Å²) >= 11 is 0. The second-order valence-corrected chi connectivity index (χ2v) is 9.65. The highest BCUT2D eigenvalue weighted by molar-refractivity contribution is 6.11. The molecule has 1 saturated carbocycles. The number of rotatable bonds is 7. The number of nitrogens with one attached hydrogen (secondary N) is 2. The molecule has 2 N–H and O–H groups in total. The first kappa shape index (κ1) is 24.4. The van der Waals surface area contributed by atoms with Crippen LogP contribution in [0.1, 0.15) is 63.6 Å². The van der Waals surface area contributed by atoms with Crippen LogP contribution in [0, 0.1) is 5.82 Å². The van der Waals surface area contributed by atoms with Crippen molar-refractivity contribution in [1.29, 1.82) is 0 Å². The molecule has 1 atom stereocenters. The molecule has 3 aromatic rings. The fourth-order valence-corrected chi connectivity index (χ4v) is 4.67. The zero-order chi connectivity index (χ0) is 26.3. The van der Waals surface area contributed by atoms with Gasteiger partial charge in [-0.25, -0.2) is 9.37 Å². The van der Waals surface area contributed by atoms with Gasteiger partial charge in [-0.1, -0.05) is 12.1 Å². The van der Waals surface area contributed by atoms with Crippen LogP contribution in [-0.4, -0.2) is 49.5 Å². The van der Waals surface area contributed by atoms with Crippen molar-refractivity contribution in [2.75, 3.05) is 5.32 Å². The fraction of sp³-hybridized carbons (Fsp3) is 0.296. The van der Waals surface area contributed by atoms with Gasteiger partial charge in [-0.3, -0.25) is 19.2 Å². The molecule has 0 bridgehead atoms. The van der Waals surface area contributed by atoms with Crippen molar-refractivity contribution in [3.05, 3.63) is 83.2 Å². The lowest BCUT2D eigenvalue weighted by atomic mass is 9.93. The van der Waals surface area contributed by atoms with E-state index >= 15 is 0 Å². The maximum absolute atomic E-state index is 13.7. The number of benzene rings is 2. The first-order valence-corrected chi connectivity index (χ1v) is 12.0. The number of hydrogen-bond donors (Lipinski definition) is 2. The van der Waals surface area contributed by atoms with E-state index in [-0.39, 0.29) is 48.0 Å². The van der Waals surface area contributed by atoms with Crippen LogP contribution in [0.3, 0.4) is 0 Å². The molecular formula is C27H26FN5O4. The minimum absolute atomic E-state index is 0.0277. The molecule has 10 heteroatoms. The number of hydrogen-bond acceptors (Lipinski definition) is 5. The number of carbonyl (C=O) groups is 4. The van der Waals surface area contributed by atoms with Crippen LogP contribution >= 0.6 is 0 Å². The largest absolute Gasteiger partial charge is 0.350 e. The van der Waals surface area contributed by atoms with Crippen LogP contribution in [0.5, 0.6) is 0 Å². The third-order valence-electron chi connectivity index (χ3n) is 6.80. The van der Waals surface area contributed by atoms with Gasteiger partial charge in [0.1, 0.15) is 17.1 Å². The standard InChI is InChI=1S/C27H26FN5O4/c1-16(34)18-5-9-20(10-6-18)31-24(35)22-23-25(36)33(21-11-12-21)27(2,14-32(23)15-30-22)26(37)29-13-17-3-7-19(28)8-4-17/h3-10,15,21H,11-14H2,1-2H3,(H,29,37)(H,31,35). The second kappa shape index (κ2) is 9.27. The zero-order valence-corrected chi connectivity index (χ0v) is 20.5. The molecule has 1 fully saturated rings. The van der Waals surface area contributed by atoms with Gasteiger partial charge in [0.15, 0.2) is 11.5 Å². The Morgan fingerprint density at radius 2 is 1.76 bits per heavy atom. The summed E-state index contributed by atoms with van der Waals surface area (Å²) in [5.41, 5.74) is 0.627. The summed E-state index contributed by atoms with van der Waals surface area (Å²) in [6, 6.07) is 12.2. The SMILES string of the molecule is CC(=O)c1ccc(NC(=O)c2ncn3c2C(=O)N(C2CC2)C(C)(C(=O)NCc2ccc(F)cc2)C3)cc1. The highest BCUT2D eigenvalue weighted by Crippen LogP contribution is 2.39. The van der Waals surface area contributed by atoms with Crippen molar-refractivity contribution in [3.8, 4) is 0 Å². The van der Waals surface area contributed by atoms with Crippen LogP contribution in [0.25, 0.3) is 0 Å². The van der Waals surface area contributed by atoms with E-state index < -0.39 is 17.4 Å². The van der Waals surface area contributed by atoms with E-state index in [4.69, 9.17) is 0 Å². The van der Waals surface area contributed by atoms with Crippen LogP contribution in [0.15, 0.2) is 54.9 Å². The smallest absolute Gasteiger partial charge is 0.276 e. The lowest BCUT2D eigenvalue weighted by Crippen LogP contribution is -2.64. The average Bonchev–Trinajstić information content (AvgIpc) is 3.61. The molecule has 0 radical (unpaired) electrons. The molecular weight excluding hydrogens is 477 g/mol. The number of amides is 3. The van der Waals surface area contributed by atoms with E-state index in [0.29, 0.717) is 11.3 Å². The summed E-state index contributed by atoms with van der Waals surface area (Å²) in [6.07, 6.45) is 2.94. The highest BCUT2D eigenvalue weighted by Gasteiger charge is 2.53. The van der Waals surface area contributed by atoms with E-state index in [2.05, 4.69) is 15.6 Å². The molecule has 2 aromatic carbocycles. The first-order chi connectivity index (χ1) is 17.7. The van der Waals surface area contributed by atoms with Crippen molar-refractivity contribution in [2.24, 2.45) is 0 Å². The molecule has 0 spiro atoms. The summed E-state index contributed by atoms with van der Waals surface area (Å²) in [4.78, 5) is 57.4. The van der Waals surface area contributed by atoms with Crippen molar-refractivity contribution < 1.29 is 23.6 Å². The number of fused-ring (bicyclic) bond motifs is 1. The topological polar surface area (TPSA) is 113 Å². The van der Waals surface area contributed by atoms with Gasteiger partial charge < -0.3 is 20.1 Å². The van der Waals surface area contributed by atoms with Gasteiger partial charge in [-0.2, -0.15) is 0 Å². The van der Waals surface area contributed by atoms with Gasteiger partial charge in [-0.05, 0) is 68.7 Å². The Balaban J connectivity index is 1.37. The van der Waals surface area contributed by atoms with Crippen molar-refractivity contribution in [3.63, 3.8) is 0 Å². The van der Waals surface area contributed by atoms with Gasteiger partial charge in [0.2, 0.25) is 5.91 Å². The number of halogens is 1. The Morgan fingerprint density at radius 3 is 2.38 bits per heavy atom. The summed E-state index contributed by atoms with van der Waals surface area (Å²) in [5.74, 6) is -1.77. The molecule has 37 heavy (non-hydrogen) atoms. The molecule has 9 nitrogen and oxygen atoms in total.